The van der Waals surface area contributed by atoms with Crippen molar-refractivity contribution in [3.63, 3.8) is 0 Å². The summed E-state index contributed by atoms with van der Waals surface area (Å²) < 4.78 is 6.16. The van der Waals surface area contributed by atoms with Crippen LogP contribution in [0.5, 0.6) is 0 Å². The third kappa shape index (κ3) is 3.23. The van der Waals surface area contributed by atoms with Gasteiger partial charge in [-0.15, -0.1) is 5.10 Å². The number of hydrogen-bond acceptors (Lipinski definition) is 4. The van der Waals surface area contributed by atoms with E-state index >= 15 is 0 Å². The van der Waals surface area contributed by atoms with Crippen molar-refractivity contribution in [2.75, 3.05) is 7.11 Å². The first-order chi connectivity index (χ1) is 6.22. The van der Waals surface area contributed by atoms with Gasteiger partial charge in [-0.2, -0.15) is 0 Å². The van der Waals surface area contributed by atoms with Crippen LogP contribution in [-0.2, 0) is 23.0 Å². The highest BCUT2D eigenvalue weighted by Gasteiger charge is 2.02. The smallest absolute Gasteiger partial charge is 0.305 e. The molecule has 0 aliphatic carbocycles. The Morgan fingerprint density at radius 2 is 2.46 bits per heavy atom. The lowest BCUT2D eigenvalue weighted by Crippen LogP contribution is -2.00. The van der Waals surface area contributed by atoms with Crippen LogP contribution in [0.1, 0.15) is 18.5 Å². The van der Waals surface area contributed by atoms with Crippen LogP contribution in [0.25, 0.3) is 0 Å². The fourth-order valence-corrected chi connectivity index (χ4v) is 1.03. The SMILES string of the molecule is COC(=O)CCCc1cn(C)nn1. The van der Waals surface area contributed by atoms with Crippen molar-refractivity contribution < 1.29 is 9.53 Å². The molecular weight excluding hydrogens is 170 g/mol. The number of aryl methyl sites for hydroxylation is 2. The molecule has 0 aliphatic rings. The summed E-state index contributed by atoms with van der Waals surface area (Å²) in [4.78, 5) is 10.7. The van der Waals surface area contributed by atoms with E-state index in [2.05, 4.69) is 15.0 Å². The maximum atomic E-state index is 10.7. The lowest BCUT2D eigenvalue weighted by atomic mass is 10.2. The van der Waals surface area contributed by atoms with Gasteiger partial charge in [0.1, 0.15) is 0 Å². The van der Waals surface area contributed by atoms with E-state index in [1.807, 2.05) is 13.2 Å². The van der Waals surface area contributed by atoms with Crippen LogP contribution < -0.4 is 0 Å². The van der Waals surface area contributed by atoms with E-state index in [-0.39, 0.29) is 5.97 Å². The van der Waals surface area contributed by atoms with Crippen molar-refractivity contribution in [2.24, 2.45) is 7.05 Å². The van der Waals surface area contributed by atoms with Gasteiger partial charge in [0.15, 0.2) is 0 Å². The summed E-state index contributed by atoms with van der Waals surface area (Å²) in [5.41, 5.74) is 0.909. The van der Waals surface area contributed by atoms with Crippen molar-refractivity contribution in [2.45, 2.75) is 19.3 Å². The first kappa shape index (κ1) is 9.70. The van der Waals surface area contributed by atoms with Gasteiger partial charge in [0.25, 0.3) is 0 Å². The van der Waals surface area contributed by atoms with Gasteiger partial charge < -0.3 is 4.74 Å². The summed E-state index contributed by atoms with van der Waals surface area (Å²) in [6.07, 6.45) is 3.80. The molecule has 0 radical (unpaired) electrons. The van der Waals surface area contributed by atoms with Gasteiger partial charge in [-0.25, -0.2) is 0 Å². The first-order valence-corrected chi connectivity index (χ1v) is 4.14. The summed E-state index contributed by atoms with van der Waals surface area (Å²) in [6, 6.07) is 0. The Hall–Kier alpha value is -1.39. The minimum absolute atomic E-state index is 0.177. The Morgan fingerprint density at radius 3 is 3.00 bits per heavy atom. The summed E-state index contributed by atoms with van der Waals surface area (Å²) in [6.45, 7) is 0. The van der Waals surface area contributed by atoms with Crippen molar-refractivity contribution in [1.82, 2.24) is 15.0 Å². The molecule has 1 aromatic rings. The molecule has 5 heteroatoms. The van der Waals surface area contributed by atoms with Crippen LogP contribution in [0, 0.1) is 0 Å². The molecule has 0 saturated heterocycles. The largest absolute Gasteiger partial charge is 0.469 e. The van der Waals surface area contributed by atoms with Crippen LogP contribution in [0.3, 0.4) is 0 Å². The molecule has 1 aromatic heterocycles. The number of carbonyl (C=O) groups is 1. The molecule has 0 bridgehead atoms. The van der Waals surface area contributed by atoms with E-state index in [0.29, 0.717) is 6.42 Å². The van der Waals surface area contributed by atoms with Crippen LogP contribution in [0.2, 0.25) is 0 Å². The van der Waals surface area contributed by atoms with E-state index < -0.39 is 0 Å². The quantitative estimate of drug-likeness (QED) is 0.630. The maximum absolute atomic E-state index is 10.7. The number of aromatic nitrogens is 3. The third-order valence-electron chi connectivity index (χ3n) is 1.69. The molecule has 0 amide bonds. The lowest BCUT2D eigenvalue weighted by molar-refractivity contribution is -0.140. The minimum Gasteiger partial charge on any atom is -0.469 e. The van der Waals surface area contributed by atoms with Gasteiger partial charge in [-0.05, 0) is 12.8 Å². The van der Waals surface area contributed by atoms with E-state index in [0.717, 1.165) is 18.5 Å². The second kappa shape index (κ2) is 4.59. The number of nitrogens with zero attached hydrogens (tertiary/aromatic N) is 3. The van der Waals surface area contributed by atoms with Crippen LogP contribution in [0.15, 0.2) is 6.20 Å². The van der Waals surface area contributed by atoms with E-state index in [4.69, 9.17) is 0 Å². The number of hydrogen-bond donors (Lipinski definition) is 0. The molecule has 72 valence electrons. The fourth-order valence-electron chi connectivity index (χ4n) is 1.03. The zero-order chi connectivity index (χ0) is 9.68. The molecule has 0 saturated carbocycles. The second-order valence-electron chi connectivity index (χ2n) is 2.81. The highest BCUT2D eigenvalue weighted by atomic mass is 16.5. The van der Waals surface area contributed by atoms with Crippen LogP contribution >= 0.6 is 0 Å². The normalized spacial score (nSPS) is 10.0. The van der Waals surface area contributed by atoms with Gasteiger partial charge in [0, 0.05) is 19.7 Å². The molecule has 0 spiro atoms. The first-order valence-electron chi connectivity index (χ1n) is 4.14. The molecule has 0 atom stereocenters. The Bertz CT molecular complexity index is 283. The minimum atomic E-state index is -0.177. The summed E-state index contributed by atoms with van der Waals surface area (Å²) in [5.74, 6) is -0.177. The number of methoxy groups -OCH3 is 1. The monoisotopic (exact) mass is 183 g/mol. The second-order valence-corrected chi connectivity index (χ2v) is 2.81. The Morgan fingerprint density at radius 1 is 1.69 bits per heavy atom. The van der Waals surface area contributed by atoms with Crippen molar-refractivity contribution in [1.29, 1.82) is 0 Å². The van der Waals surface area contributed by atoms with E-state index in [9.17, 15) is 4.79 Å². The lowest BCUT2D eigenvalue weighted by Gasteiger charge is -1.96. The Labute approximate surface area is 76.7 Å². The van der Waals surface area contributed by atoms with Gasteiger partial charge in [-0.1, -0.05) is 5.21 Å². The molecule has 1 heterocycles. The fraction of sp³-hybridized carbons (Fsp3) is 0.625. The molecule has 0 N–H and O–H groups in total. The average Bonchev–Trinajstić information content (AvgIpc) is 2.51. The van der Waals surface area contributed by atoms with Crippen molar-refractivity contribution >= 4 is 5.97 Å². The highest BCUT2D eigenvalue weighted by molar-refractivity contribution is 5.69. The Balaban J connectivity index is 2.24. The Kier molecular flexibility index (Phi) is 3.42. The predicted molar refractivity (Wildman–Crippen MR) is 46.0 cm³/mol. The van der Waals surface area contributed by atoms with Crippen LogP contribution in [0.4, 0.5) is 0 Å². The molecule has 0 unspecified atom stereocenters. The average molecular weight is 183 g/mol. The predicted octanol–water partition coefficient (Wildman–Crippen LogP) is 0.311. The van der Waals surface area contributed by atoms with Crippen LogP contribution in [-0.4, -0.2) is 28.1 Å². The van der Waals surface area contributed by atoms with Gasteiger partial charge in [0.05, 0.1) is 12.8 Å². The topological polar surface area (TPSA) is 57.0 Å². The number of esters is 1. The molecule has 13 heavy (non-hydrogen) atoms. The summed E-state index contributed by atoms with van der Waals surface area (Å²) in [7, 11) is 3.21. The molecule has 0 aliphatic heterocycles. The molecule has 5 nitrogen and oxygen atoms in total. The van der Waals surface area contributed by atoms with Gasteiger partial charge in [-0.3, -0.25) is 9.48 Å². The number of carbonyl (C=O) groups excluding carboxylic acids is 1. The maximum Gasteiger partial charge on any atom is 0.305 e. The summed E-state index contributed by atoms with van der Waals surface area (Å²) >= 11 is 0. The number of ether oxygens (including phenoxy) is 1. The standard InChI is InChI=1S/C8H13N3O2/c1-11-6-7(9-10-11)4-3-5-8(12)13-2/h6H,3-5H2,1-2H3. The van der Waals surface area contributed by atoms with Gasteiger partial charge >= 0.3 is 5.97 Å². The summed E-state index contributed by atoms with van der Waals surface area (Å²) in [5, 5.41) is 7.68. The zero-order valence-electron chi connectivity index (χ0n) is 7.86. The molecule has 1 rings (SSSR count). The van der Waals surface area contributed by atoms with Crippen molar-refractivity contribution in [3.05, 3.63) is 11.9 Å². The molecule has 0 aromatic carbocycles. The molecule has 0 fully saturated rings. The van der Waals surface area contributed by atoms with Crippen molar-refractivity contribution in [3.8, 4) is 0 Å². The van der Waals surface area contributed by atoms with E-state index in [1.165, 1.54) is 7.11 Å². The molecular formula is C8H13N3O2. The third-order valence-corrected chi connectivity index (χ3v) is 1.69. The number of rotatable bonds is 4. The highest BCUT2D eigenvalue weighted by Crippen LogP contribution is 2.00. The zero-order valence-corrected chi connectivity index (χ0v) is 7.86. The van der Waals surface area contributed by atoms with Gasteiger partial charge in [0.2, 0.25) is 0 Å². The van der Waals surface area contributed by atoms with E-state index in [1.54, 1.807) is 4.68 Å².